The van der Waals surface area contributed by atoms with Crippen LogP contribution in [0, 0.1) is 12.7 Å². The van der Waals surface area contributed by atoms with Gasteiger partial charge in [0.25, 0.3) is 0 Å². The summed E-state index contributed by atoms with van der Waals surface area (Å²) < 4.78 is 19.1. The van der Waals surface area contributed by atoms with Gasteiger partial charge in [-0.05, 0) is 33.6 Å². The number of aromatic nitrogens is 2. The predicted molar refractivity (Wildman–Crippen MR) is 116 cm³/mol. The summed E-state index contributed by atoms with van der Waals surface area (Å²) >= 11 is 3.19. The van der Waals surface area contributed by atoms with Crippen LogP contribution >= 0.6 is 39.9 Å². The second-order valence-electron chi connectivity index (χ2n) is 6.14. The maximum absolute atomic E-state index is 13.7. The molecular weight excluding hydrogens is 530 g/mol. The Morgan fingerprint density at radius 2 is 2.07 bits per heavy atom. The SMILES string of the molecule is CN=C(NCc1noc(C)n1)N1CCN(Cc2ccc(Br)c(F)c2)CC1.I. The predicted octanol–water partition coefficient (Wildman–Crippen LogP) is 2.79. The van der Waals surface area contributed by atoms with Crippen LogP contribution in [0.5, 0.6) is 0 Å². The molecule has 1 aliphatic heterocycles. The van der Waals surface area contributed by atoms with Gasteiger partial charge in [-0.3, -0.25) is 9.89 Å². The molecular formula is C17H23BrFIN6O. The summed E-state index contributed by atoms with van der Waals surface area (Å²) in [5.41, 5.74) is 0.981. The molecule has 1 aliphatic rings. The summed E-state index contributed by atoms with van der Waals surface area (Å²) in [5.74, 6) is 1.76. The summed E-state index contributed by atoms with van der Waals surface area (Å²) in [7, 11) is 1.76. The molecule has 148 valence electrons. The van der Waals surface area contributed by atoms with E-state index in [4.69, 9.17) is 4.52 Å². The Morgan fingerprint density at radius 3 is 2.67 bits per heavy atom. The normalized spacial score (nSPS) is 15.6. The van der Waals surface area contributed by atoms with Crippen LogP contribution < -0.4 is 5.32 Å². The van der Waals surface area contributed by atoms with Crippen LogP contribution in [0.15, 0.2) is 32.2 Å². The molecule has 0 bridgehead atoms. The van der Waals surface area contributed by atoms with E-state index < -0.39 is 0 Å². The highest BCUT2D eigenvalue weighted by molar-refractivity contribution is 14.0. The number of benzene rings is 1. The van der Waals surface area contributed by atoms with Crippen LogP contribution in [0.25, 0.3) is 0 Å². The maximum atomic E-state index is 13.7. The zero-order chi connectivity index (χ0) is 18.5. The van der Waals surface area contributed by atoms with Gasteiger partial charge in [0.1, 0.15) is 5.82 Å². The largest absolute Gasteiger partial charge is 0.349 e. The van der Waals surface area contributed by atoms with Gasteiger partial charge in [0, 0.05) is 46.7 Å². The summed E-state index contributed by atoms with van der Waals surface area (Å²) in [6, 6.07) is 5.29. The summed E-state index contributed by atoms with van der Waals surface area (Å²) in [5, 5.41) is 7.14. The third-order valence-corrected chi connectivity index (χ3v) is 4.89. The quantitative estimate of drug-likeness (QED) is 0.357. The molecule has 0 atom stereocenters. The number of hydrogen-bond acceptors (Lipinski definition) is 5. The lowest BCUT2D eigenvalue weighted by Gasteiger charge is -2.36. The summed E-state index contributed by atoms with van der Waals surface area (Å²) in [6.07, 6.45) is 0. The molecule has 1 aromatic heterocycles. The van der Waals surface area contributed by atoms with E-state index in [1.54, 1.807) is 26.1 Å². The molecule has 1 saturated heterocycles. The fraction of sp³-hybridized carbons (Fsp3) is 0.471. The molecule has 2 heterocycles. The Kier molecular flexibility index (Phi) is 8.42. The smallest absolute Gasteiger partial charge is 0.223 e. The standard InChI is InChI=1S/C17H22BrFN6O.HI/c1-12-22-16(23-26-12)10-21-17(20-2)25-7-5-24(6-8-25)11-13-3-4-14(18)15(19)9-13;/h3-4,9H,5-8,10-11H2,1-2H3,(H,20,21);1H. The third-order valence-electron chi connectivity index (χ3n) is 4.25. The number of halogens is 3. The van der Waals surface area contributed by atoms with Crippen molar-refractivity contribution in [2.75, 3.05) is 33.2 Å². The molecule has 0 aliphatic carbocycles. The lowest BCUT2D eigenvalue weighted by molar-refractivity contribution is 0.172. The molecule has 0 radical (unpaired) electrons. The number of hydrogen-bond donors (Lipinski definition) is 1. The highest BCUT2D eigenvalue weighted by Crippen LogP contribution is 2.18. The maximum Gasteiger partial charge on any atom is 0.223 e. The number of nitrogens with zero attached hydrogens (tertiary/aromatic N) is 5. The fourth-order valence-corrected chi connectivity index (χ4v) is 3.16. The first-order chi connectivity index (χ1) is 12.5. The van der Waals surface area contributed by atoms with Crippen molar-refractivity contribution in [3.05, 3.63) is 45.8 Å². The van der Waals surface area contributed by atoms with Crippen molar-refractivity contribution < 1.29 is 8.91 Å². The minimum atomic E-state index is -0.220. The Morgan fingerprint density at radius 1 is 1.33 bits per heavy atom. The van der Waals surface area contributed by atoms with Gasteiger partial charge in [-0.25, -0.2) is 4.39 Å². The topological polar surface area (TPSA) is 69.8 Å². The Balaban J connectivity index is 0.00000261. The Labute approximate surface area is 183 Å². The van der Waals surface area contributed by atoms with Crippen LogP contribution in [0.2, 0.25) is 0 Å². The van der Waals surface area contributed by atoms with Crippen molar-refractivity contribution >= 4 is 45.9 Å². The van der Waals surface area contributed by atoms with Crippen LogP contribution in [0.4, 0.5) is 4.39 Å². The van der Waals surface area contributed by atoms with Crippen LogP contribution in [-0.4, -0.2) is 59.1 Å². The first kappa shape index (κ1) is 22.0. The first-order valence-electron chi connectivity index (χ1n) is 8.46. The van der Waals surface area contributed by atoms with Gasteiger partial charge in [-0.2, -0.15) is 4.98 Å². The van der Waals surface area contributed by atoms with Gasteiger partial charge in [-0.1, -0.05) is 11.2 Å². The lowest BCUT2D eigenvalue weighted by atomic mass is 10.2. The van der Waals surface area contributed by atoms with Crippen molar-refractivity contribution in [3.8, 4) is 0 Å². The number of piperazine rings is 1. The average molecular weight is 553 g/mol. The van der Waals surface area contributed by atoms with Gasteiger partial charge in [0.2, 0.25) is 5.89 Å². The Hall–Kier alpha value is -1.27. The molecule has 0 amide bonds. The molecule has 0 spiro atoms. The van der Waals surface area contributed by atoms with Gasteiger partial charge in [0.15, 0.2) is 11.8 Å². The van der Waals surface area contributed by atoms with Gasteiger partial charge >= 0.3 is 0 Å². The number of rotatable bonds is 4. The molecule has 27 heavy (non-hydrogen) atoms. The summed E-state index contributed by atoms with van der Waals surface area (Å²) in [6.45, 7) is 6.46. The first-order valence-corrected chi connectivity index (χ1v) is 9.25. The van der Waals surface area contributed by atoms with Gasteiger partial charge < -0.3 is 14.7 Å². The zero-order valence-corrected chi connectivity index (χ0v) is 19.2. The molecule has 1 N–H and O–H groups in total. The molecule has 0 saturated carbocycles. The molecule has 0 unspecified atom stereocenters. The van der Waals surface area contributed by atoms with Crippen LogP contribution in [0.3, 0.4) is 0 Å². The Bertz CT molecular complexity index is 779. The molecule has 10 heteroatoms. The number of aliphatic imine (C=N–C) groups is 1. The second-order valence-corrected chi connectivity index (χ2v) is 7.00. The van der Waals surface area contributed by atoms with Crippen molar-refractivity contribution in [3.63, 3.8) is 0 Å². The van der Waals surface area contributed by atoms with E-state index in [0.717, 1.165) is 44.2 Å². The third kappa shape index (κ3) is 6.11. The number of aryl methyl sites for hydroxylation is 1. The number of nitrogens with one attached hydrogen (secondary N) is 1. The van der Waals surface area contributed by atoms with Crippen molar-refractivity contribution in [2.24, 2.45) is 4.99 Å². The van der Waals surface area contributed by atoms with E-state index >= 15 is 0 Å². The van der Waals surface area contributed by atoms with E-state index in [9.17, 15) is 4.39 Å². The molecule has 1 aromatic carbocycles. The van der Waals surface area contributed by atoms with E-state index in [0.29, 0.717) is 22.7 Å². The molecule has 3 rings (SSSR count). The van der Waals surface area contributed by atoms with E-state index in [1.807, 2.05) is 6.07 Å². The van der Waals surface area contributed by atoms with Crippen LogP contribution in [-0.2, 0) is 13.1 Å². The fourth-order valence-electron chi connectivity index (χ4n) is 2.92. The summed E-state index contributed by atoms with van der Waals surface area (Å²) in [4.78, 5) is 13.0. The monoisotopic (exact) mass is 552 g/mol. The zero-order valence-electron chi connectivity index (χ0n) is 15.3. The minimum Gasteiger partial charge on any atom is -0.349 e. The van der Waals surface area contributed by atoms with Crippen molar-refractivity contribution in [2.45, 2.75) is 20.0 Å². The van der Waals surface area contributed by atoms with E-state index in [-0.39, 0.29) is 29.8 Å². The molecule has 2 aromatic rings. The second kappa shape index (κ2) is 10.3. The minimum absolute atomic E-state index is 0. The van der Waals surface area contributed by atoms with E-state index in [1.165, 1.54) is 0 Å². The van der Waals surface area contributed by atoms with Gasteiger partial charge in [0.05, 0.1) is 11.0 Å². The highest BCUT2D eigenvalue weighted by Gasteiger charge is 2.20. The van der Waals surface area contributed by atoms with Crippen LogP contribution in [0.1, 0.15) is 17.3 Å². The lowest BCUT2D eigenvalue weighted by Crippen LogP contribution is -2.52. The molecule has 1 fully saturated rings. The van der Waals surface area contributed by atoms with Crippen molar-refractivity contribution in [1.82, 2.24) is 25.3 Å². The highest BCUT2D eigenvalue weighted by atomic mass is 127. The van der Waals surface area contributed by atoms with Crippen molar-refractivity contribution in [1.29, 1.82) is 0 Å². The molecule has 7 nitrogen and oxygen atoms in total. The average Bonchev–Trinajstić information content (AvgIpc) is 3.05. The number of guanidine groups is 1. The van der Waals surface area contributed by atoms with Gasteiger partial charge in [-0.15, -0.1) is 24.0 Å². The van der Waals surface area contributed by atoms with E-state index in [2.05, 4.69) is 46.2 Å².